The summed E-state index contributed by atoms with van der Waals surface area (Å²) in [6, 6.07) is 0. The molecule has 1 rings (SSSR count). The van der Waals surface area contributed by atoms with Crippen LogP contribution in [0.2, 0.25) is 0 Å². The normalized spacial score (nSPS) is 11.6. The number of rotatable bonds is 6. The van der Waals surface area contributed by atoms with Gasteiger partial charge in [-0.3, -0.25) is 4.79 Å². The van der Waals surface area contributed by atoms with Crippen molar-refractivity contribution >= 4 is 17.2 Å². The van der Waals surface area contributed by atoms with E-state index in [4.69, 9.17) is 5.73 Å². The fourth-order valence-corrected chi connectivity index (χ4v) is 2.36. The van der Waals surface area contributed by atoms with E-state index in [0.717, 1.165) is 23.5 Å². The Labute approximate surface area is 113 Å². The zero-order valence-corrected chi connectivity index (χ0v) is 12.3. The molecule has 3 N–H and O–H groups in total. The lowest BCUT2D eigenvalue weighted by Crippen LogP contribution is -2.26. The van der Waals surface area contributed by atoms with E-state index in [-0.39, 0.29) is 11.3 Å². The van der Waals surface area contributed by atoms with Crippen LogP contribution in [-0.4, -0.2) is 24.0 Å². The van der Waals surface area contributed by atoms with E-state index in [1.165, 1.54) is 0 Å². The molecule has 0 fully saturated rings. The number of aromatic nitrogens is 1. The molecule has 1 aromatic heterocycles. The van der Waals surface area contributed by atoms with Crippen molar-refractivity contribution in [1.82, 2.24) is 10.3 Å². The van der Waals surface area contributed by atoms with E-state index < -0.39 is 0 Å². The maximum Gasteiger partial charge on any atom is 0.226 e. The van der Waals surface area contributed by atoms with Gasteiger partial charge in [0.05, 0.1) is 17.1 Å². The summed E-state index contributed by atoms with van der Waals surface area (Å²) in [5, 5.41) is 5.93. The Morgan fingerprint density at radius 2 is 2.17 bits per heavy atom. The molecule has 0 bridgehead atoms. The van der Waals surface area contributed by atoms with E-state index in [9.17, 15) is 4.79 Å². The molecule has 0 atom stereocenters. The summed E-state index contributed by atoms with van der Waals surface area (Å²) in [4.78, 5) is 16.2. The van der Waals surface area contributed by atoms with Crippen molar-refractivity contribution in [1.29, 1.82) is 0 Å². The molecule has 0 aliphatic rings. The zero-order chi connectivity index (χ0) is 13.6. The number of amides is 1. The van der Waals surface area contributed by atoms with Crippen molar-refractivity contribution < 1.29 is 4.79 Å². The molecule has 1 amide bonds. The van der Waals surface area contributed by atoms with Crippen molar-refractivity contribution in [3.05, 3.63) is 16.1 Å². The lowest BCUT2D eigenvalue weighted by Gasteiger charge is -2.13. The number of carbonyl (C=O) groups excluding carboxylic acids is 1. The number of nitrogens with one attached hydrogen (secondary N) is 1. The van der Waals surface area contributed by atoms with E-state index in [1.807, 2.05) is 5.38 Å². The summed E-state index contributed by atoms with van der Waals surface area (Å²) in [5.41, 5.74) is 6.31. The van der Waals surface area contributed by atoms with E-state index in [0.29, 0.717) is 19.5 Å². The van der Waals surface area contributed by atoms with Gasteiger partial charge in [-0.15, -0.1) is 11.3 Å². The first-order valence-electron chi connectivity index (χ1n) is 6.35. The predicted molar refractivity (Wildman–Crippen MR) is 75.8 cm³/mol. The largest absolute Gasteiger partial charge is 0.356 e. The third-order valence-electron chi connectivity index (χ3n) is 2.49. The minimum Gasteiger partial charge on any atom is -0.356 e. The van der Waals surface area contributed by atoms with Crippen LogP contribution in [-0.2, 0) is 16.6 Å². The second kappa shape index (κ2) is 6.85. The van der Waals surface area contributed by atoms with Crippen molar-refractivity contribution in [3.8, 4) is 0 Å². The van der Waals surface area contributed by atoms with Crippen LogP contribution in [0.5, 0.6) is 0 Å². The number of unbranched alkanes of at least 4 members (excludes halogenated alkanes) is 1. The first kappa shape index (κ1) is 15.1. The molecule has 18 heavy (non-hydrogen) atoms. The van der Waals surface area contributed by atoms with E-state index in [2.05, 4.69) is 31.1 Å². The summed E-state index contributed by atoms with van der Waals surface area (Å²) in [6.45, 7) is 7.76. The zero-order valence-electron chi connectivity index (χ0n) is 11.5. The number of hydrogen-bond donors (Lipinski definition) is 2. The fraction of sp³-hybridized carbons (Fsp3) is 0.692. The molecule has 4 nitrogen and oxygen atoms in total. The lowest BCUT2D eigenvalue weighted by atomic mass is 9.98. The molecule has 0 aromatic carbocycles. The van der Waals surface area contributed by atoms with Gasteiger partial charge in [0.2, 0.25) is 5.91 Å². The highest BCUT2D eigenvalue weighted by Crippen LogP contribution is 2.25. The Morgan fingerprint density at radius 1 is 1.44 bits per heavy atom. The van der Waals surface area contributed by atoms with Gasteiger partial charge in [-0.2, -0.15) is 0 Å². The van der Waals surface area contributed by atoms with Crippen LogP contribution in [0.15, 0.2) is 5.38 Å². The molecule has 0 aliphatic heterocycles. The van der Waals surface area contributed by atoms with E-state index >= 15 is 0 Å². The highest BCUT2D eigenvalue weighted by Gasteiger charge is 2.18. The van der Waals surface area contributed by atoms with Crippen LogP contribution in [0.1, 0.15) is 44.3 Å². The van der Waals surface area contributed by atoms with Crippen LogP contribution in [0.4, 0.5) is 0 Å². The average Bonchev–Trinajstić information content (AvgIpc) is 2.72. The molecule has 1 aromatic rings. The third-order valence-corrected chi connectivity index (χ3v) is 3.80. The molecular formula is C13H23N3OS. The maximum absolute atomic E-state index is 11.7. The van der Waals surface area contributed by atoms with Gasteiger partial charge in [-0.05, 0) is 19.4 Å². The molecule has 1 heterocycles. The van der Waals surface area contributed by atoms with Gasteiger partial charge in [0.25, 0.3) is 0 Å². The predicted octanol–water partition coefficient (Wildman–Crippen LogP) is 1.84. The minimum atomic E-state index is 0.0396. The Kier molecular flexibility index (Phi) is 5.75. The second-order valence-corrected chi connectivity index (χ2v) is 6.27. The fourth-order valence-electron chi connectivity index (χ4n) is 1.46. The molecular weight excluding hydrogens is 246 g/mol. The van der Waals surface area contributed by atoms with Gasteiger partial charge in [-0.1, -0.05) is 20.8 Å². The molecule has 0 spiro atoms. The van der Waals surface area contributed by atoms with Gasteiger partial charge in [0.15, 0.2) is 0 Å². The standard InChI is InChI=1S/C13H23N3OS/c1-13(2,3)12-16-10(9-18-12)8-11(17)15-7-5-4-6-14/h9H,4-8,14H2,1-3H3,(H,15,17). The van der Waals surface area contributed by atoms with E-state index in [1.54, 1.807) is 11.3 Å². The van der Waals surface area contributed by atoms with Crippen molar-refractivity contribution in [2.75, 3.05) is 13.1 Å². The number of thiazole rings is 1. The van der Waals surface area contributed by atoms with Crippen LogP contribution in [0.25, 0.3) is 0 Å². The first-order chi connectivity index (χ1) is 8.43. The molecule has 0 unspecified atom stereocenters. The SMILES string of the molecule is CC(C)(C)c1nc(CC(=O)NCCCCN)cs1. The van der Waals surface area contributed by atoms with Gasteiger partial charge in [0.1, 0.15) is 0 Å². The average molecular weight is 269 g/mol. The Balaban J connectivity index is 2.38. The quantitative estimate of drug-likeness (QED) is 0.774. The minimum absolute atomic E-state index is 0.0396. The Bertz CT molecular complexity index is 382. The van der Waals surface area contributed by atoms with Crippen molar-refractivity contribution in [2.45, 2.75) is 45.4 Å². The number of nitrogens with two attached hydrogens (primary N) is 1. The molecule has 0 radical (unpaired) electrons. The topological polar surface area (TPSA) is 68.0 Å². The summed E-state index contributed by atoms with van der Waals surface area (Å²) < 4.78 is 0. The highest BCUT2D eigenvalue weighted by atomic mass is 32.1. The molecule has 102 valence electrons. The van der Waals surface area contributed by atoms with Crippen LogP contribution >= 0.6 is 11.3 Å². The summed E-state index contributed by atoms with van der Waals surface area (Å²) in [7, 11) is 0. The van der Waals surface area contributed by atoms with Crippen LogP contribution in [0, 0.1) is 0 Å². The molecule has 0 saturated heterocycles. The number of carbonyl (C=O) groups is 1. The van der Waals surface area contributed by atoms with Crippen LogP contribution < -0.4 is 11.1 Å². The molecule has 0 saturated carbocycles. The van der Waals surface area contributed by atoms with Gasteiger partial charge < -0.3 is 11.1 Å². The maximum atomic E-state index is 11.7. The molecule has 0 aliphatic carbocycles. The van der Waals surface area contributed by atoms with Crippen molar-refractivity contribution in [2.24, 2.45) is 5.73 Å². The summed E-state index contributed by atoms with van der Waals surface area (Å²) in [6.07, 6.45) is 2.26. The highest BCUT2D eigenvalue weighted by molar-refractivity contribution is 7.09. The second-order valence-electron chi connectivity index (χ2n) is 5.42. The number of hydrogen-bond acceptors (Lipinski definition) is 4. The number of nitrogens with zero attached hydrogens (tertiary/aromatic N) is 1. The van der Waals surface area contributed by atoms with Crippen LogP contribution in [0.3, 0.4) is 0 Å². The third kappa shape index (κ3) is 5.14. The first-order valence-corrected chi connectivity index (χ1v) is 7.23. The smallest absolute Gasteiger partial charge is 0.226 e. The molecule has 5 heteroatoms. The lowest BCUT2D eigenvalue weighted by molar-refractivity contribution is -0.120. The van der Waals surface area contributed by atoms with Crippen molar-refractivity contribution in [3.63, 3.8) is 0 Å². The summed E-state index contributed by atoms with van der Waals surface area (Å²) in [5.74, 6) is 0.0396. The Morgan fingerprint density at radius 3 is 2.72 bits per heavy atom. The monoisotopic (exact) mass is 269 g/mol. The van der Waals surface area contributed by atoms with Gasteiger partial charge >= 0.3 is 0 Å². The summed E-state index contributed by atoms with van der Waals surface area (Å²) >= 11 is 1.62. The van der Waals surface area contributed by atoms with Gasteiger partial charge in [-0.25, -0.2) is 4.98 Å². The van der Waals surface area contributed by atoms with Gasteiger partial charge in [0, 0.05) is 17.3 Å². The Hall–Kier alpha value is -0.940.